The van der Waals surface area contributed by atoms with Gasteiger partial charge in [-0.15, -0.1) is 8.42 Å². The first kappa shape index (κ1) is 21.9. The van der Waals surface area contributed by atoms with Crippen molar-refractivity contribution >= 4 is 10.3 Å². The summed E-state index contributed by atoms with van der Waals surface area (Å²) in [6, 6.07) is 0. The molecule has 0 aromatic carbocycles. The second-order valence-electron chi connectivity index (χ2n) is 6.25. The minimum atomic E-state index is -3.54. The lowest BCUT2D eigenvalue weighted by Gasteiger charge is -2.35. The number of nitrogens with zero attached hydrogens (tertiary/aromatic N) is 1. The molecular formula is C17H38NO3S+. The van der Waals surface area contributed by atoms with Gasteiger partial charge in [0.2, 0.25) is 0 Å². The van der Waals surface area contributed by atoms with Gasteiger partial charge in [0, 0.05) is 0 Å². The van der Waals surface area contributed by atoms with Crippen LogP contribution in [0.1, 0.15) is 85.5 Å². The number of quaternary nitrogens is 1. The van der Waals surface area contributed by atoms with Gasteiger partial charge in [0.15, 0.2) is 0 Å². The molecule has 0 saturated carbocycles. The molecular weight excluding hydrogens is 298 g/mol. The molecule has 0 aliphatic heterocycles. The van der Waals surface area contributed by atoms with Crippen molar-refractivity contribution in [3.63, 3.8) is 0 Å². The Labute approximate surface area is 139 Å². The molecule has 22 heavy (non-hydrogen) atoms. The largest absolute Gasteiger partial charge is 0.435 e. The summed E-state index contributed by atoms with van der Waals surface area (Å²) in [4.78, 5) is 0. The molecule has 0 spiro atoms. The maximum absolute atomic E-state index is 12.9. The number of unbranched alkanes of at least 4 members (excludes halogenated alkanes) is 5. The van der Waals surface area contributed by atoms with Gasteiger partial charge in [-0.2, -0.15) is 3.89 Å². The molecule has 0 rings (SSSR count). The molecule has 0 N–H and O–H groups in total. The Morgan fingerprint density at radius 3 is 1.45 bits per heavy atom. The highest BCUT2D eigenvalue weighted by Gasteiger charge is 2.41. The van der Waals surface area contributed by atoms with E-state index in [2.05, 4.69) is 27.7 Å². The van der Waals surface area contributed by atoms with Crippen molar-refractivity contribution in [1.82, 2.24) is 0 Å². The van der Waals surface area contributed by atoms with E-state index in [1.54, 1.807) is 0 Å². The molecule has 0 unspecified atom stereocenters. The lowest BCUT2D eigenvalue weighted by Crippen LogP contribution is -2.55. The van der Waals surface area contributed by atoms with Gasteiger partial charge in [-0.05, 0) is 25.7 Å². The average Bonchev–Trinajstić information content (AvgIpc) is 2.51. The van der Waals surface area contributed by atoms with Gasteiger partial charge in [0.05, 0.1) is 26.2 Å². The lowest BCUT2D eigenvalue weighted by atomic mass is 10.2. The highest BCUT2D eigenvalue weighted by atomic mass is 32.2. The minimum Gasteiger partial charge on any atom is -0.226 e. The molecule has 0 aromatic heterocycles. The van der Waals surface area contributed by atoms with Crippen LogP contribution in [-0.4, -0.2) is 38.5 Å². The van der Waals surface area contributed by atoms with E-state index in [1.807, 2.05) is 0 Å². The van der Waals surface area contributed by atoms with Crippen molar-refractivity contribution in [2.45, 2.75) is 85.5 Å². The minimum absolute atomic E-state index is 0.134. The van der Waals surface area contributed by atoms with Gasteiger partial charge in [-0.3, -0.25) is 0 Å². The number of rotatable bonds is 15. The highest BCUT2D eigenvalue weighted by Crippen LogP contribution is 2.23. The topological polar surface area (TPSA) is 43.4 Å². The maximum atomic E-state index is 12.9. The summed E-state index contributed by atoms with van der Waals surface area (Å²) < 4.78 is 31.3. The van der Waals surface area contributed by atoms with E-state index in [0.29, 0.717) is 26.2 Å². The molecule has 0 bridgehead atoms. The van der Waals surface area contributed by atoms with Crippen molar-refractivity contribution in [2.24, 2.45) is 0 Å². The smallest absolute Gasteiger partial charge is 0.226 e. The zero-order valence-corrected chi connectivity index (χ0v) is 16.1. The third-order valence-electron chi connectivity index (χ3n) is 4.21. The van der Waals surface area contributed by atoms with Gasteiger partial charge >= 0.3 is 10.3 Å². The Bertz CT molecular complexity index is 333. The summed E-state index contributed by atoms with van der Waals surface area (Å²) >= 11 is 0. The maximum Gasteiger partial charge on any atom is 0.435 e. The molecule has 0 aliphatic carbocycles. The molecule has 0 heterocycles. The van der Waals surface area contributed by atoms with Gasteiger partial charge in [0.1, 0.15) is 0 Å². The van der Waals surface area contributed by atoms with E-state index in [4.69, 9.17) is 4.18 Å². The normalized spacial score (nSPS) is 12.7. The van der Waals surface area contributed by atoms with Gasteiger partial charge in [-0.1, -0.05) is 59.8 Å². The van der Waals surface area contributed by atoms with E-state index in [0.717, 1.165) is 57.8 Å². The fourth-order valence-electron chi connectivity index (χ4n) is 2.64. The van der Waals surface area contributed by atoms with Crippen LogP contribution < -0.4 is 0 Å². The highest BCUT2D eigenvalue weighted by molar-refractivity contribution is 7.81. The van der Waals surface area contributed by atoms with Crippen molar-refractivity contribution < 1.29 is 16.5 Å². The molecule has 4 nitrogen and oxygen atoms in total. The predicted molar refractivity (Wildman–Crippen MR) is 94.0 cm³/mol. The molecule has 0 aromatic rings. The molecule has 0 saturated heterocycles. The van der Waals surface area contributed by atoms with Gasteiger partial charge in [-0.25, -0.2) is 4.18 Å². The van der Waals surface area contributed by atoms with Crippen molar-refractivity contribution in [3.05, 3.63) is 0 Å². The van der Waals surface area contributed by atoms with E-state index in [-0.39, 0.29) is 3.89 Å². The van der Waals surface area contributed by atoms with E-state index in [1.165, 1.54) is 0 Å². The first-order valence-corrected chi connectivity index (χ1v) is 10.6. The zero-order chi connectivity index (χ0) is 16.9. The second kappa shape index (κ2) is 12.3. The van der Waals surface area contributed by atoms with E-state index in [9.17, 15) is 8.42 Å². The standard InChI is InChI=1S/C17H38NO3S/c1-5-9-13-17-21-22(19,20)18(14-10-6-2,15-11-7-3)16-12-8-4/h5-17H2,1-4H3/q+1. The van der Waals surface area contributed by atoms with E-state index < -0.39 is 10.3 Å². The van der Waals surface area contributed by atoms with Crippen LogP contribution >= 0.6 is 0 Å². The first-order valence-electron chi connectivity index (χ1n) is 9.25. The van der Waals surface area contributed by atoms with Crippen LogP contribution in [0.4, 0.5) is 0 Å². The summed E-state index contributed by atoms with van der Waals surface area (Å²) in [6.45, 7) is 10.8. The van der Waals surface area contributed by atoms with Crippen molar-refractivity contribution in [3.8, 4) is 0 Å². The van der Waals surface area contributed by atoms with Crippen LogP contribution in [-0.2, 0) is 14.5 Å². The first-order chi connectivity index (χ1) is 10.5. The quantitative estimate of drug-likeness (QED) is 0.323. The Hall–Kier alpha value is -0.130. The van der Waals surface area contributed by atoms with Crippen molar-refractivity contribution in [1.29, 1.82) is 0 Å². The van der Waals surface area contributed by atoms with Gasteiger partial charge in [0.25, 0.3) is 0 Å². The SMILES string of the molecule is CCCCCOS(=O)(=O)[N+](CCCC)(CCCC)CCCC. The van der Waals surface area contributed by atoms with Gasteiger partial charge < -0.3 is 0 Å². The third kappa shape index (κ3) is 7.42. The summed E-state index contributed by atoms with van der Waals surface area (Å²) in [5.74, 6) is 0. The molecule has 0 fully saturated rings. The number of hydrogen-bond donors (Lipinski definition) is 0. The van der Waals surface area contributed by atoms with Crippen LogP contribution in [0.5, 0.6) is 0 Å². The Kier molecular flexibility index (Phi) is 12.2. The predicted octanol–water partition coefficient (Wildman–Crippen LogP) is 4.66. The Morgan fingerprint density at radius 1 is 0.682 bits per heavy atom. The van der Waals surface area contributed by atoms with Crippen LogP contribution in [0, 0.1) is 0 Å². The van der Waals surface area contributed by atoms with Crippen molar-refractivity contribution in [2.75, 3.05) is 26.2 Å². The van der Waals surface area contributed by atoms with Crippen LogP contribution in [0.15, 0.2) is 0 Å². The lowest BCUT2D eigenvalue weighted by molar-refractivity contribution is -0.812. The molecule has 0 aliphatic rings. The molecule has 0 amide bonds. The molecule has 5 heteroatoms. The zero-order valence-electron chi connectivity index (χ0n) is 15.3. The van der Waals surface area contributed by atoms with Crippen LogP contribution in [0.25, 0.3) is 0 Å². The summed E-state index contributed by atoms with van der Waals surface area (Å²) in [6.07, 6.45) is 8.78. The fourth-order valence-corrected chi connectivity index (χ4v) is 4.25. The summed E-state index contributed by atoms with van der Waals surface area (Å²) in [5.41, 5.74) is 0. The second-order valence-corrected chi connectivity index (χ2v) is 8.11. The third-order valence-corrected chi connectivity index (χ3v) is 6.17. The monoisotopic (exact) mass is 336 g/mol. The average molecular weight is 337 g/mol. The molecule has 0 atom stereocenters. The number of hydrogen-bond acceptors (Lipinski definition) is 3. The van der Waals surface area contributed by atoms with Crippen LogP contribution in [0.2, 0.25) is 0 Å². The van der Waals surface area contributed by atoms with E-state index >= 15 is 0 Å². The molecule has 0 radical (unpaired) electrons. The fraction of sp³-hybridized carbons (Fsp3) is 1.00. The summed E-state index contributed by atoms with van der Waals surface area (Å²) in [7, 11) is -3.54. The Morgan fingerprint density at radius 2 is 1.09 bits per heavy atom. The summed E-state index contributed by atoms with van der Waals surface area (Å²) in [5, 5.41) is 0. The van der Waals surface area contributed by atoms with Crippen LogP contribution in [0.3, 0.4) is 0 Å². The molecule has 134 valence electrons. The Balaban J connectivity index is 5.08.